The lowest BCUT2D eigenvalue weighted by Crippen LogP contribution is -2.37. The van der Waals surface area contributed by atoms with E-state index in [0.717, 1.165) is 22.3 Å². The van der Waals surface area contributed by atoms with Crippen molar-refractivity contribution in [3.8, 4) is 11.4 Å². The van der Waals surface area contributed by atoms with Gasteiger partial charge in [0.1, 0.15) is 0 Å². The Labute approximate surface area is 133 Å². The first-order valence-electron chi connectivity index (χ1n) is 7.52. The molecule has 1 fully saturated rings. The minimum absolute atomic E-state index is 0.569. The molecule has 3 rings (SSSR count). The maximum Gasteiger partial charge on any atom is 0.227 e. The first-order chi connectivity index (χ1) is 10.3. The second kappa shape index (κ2) is 6.71. The molecular weight excluding hydrogens is 330 g/mol. The predicted octanol–water partition coefficient (Wildman–Crippen LogP) is 3.82. The lowest BCUT2D eigenvalue weighted by molar-refractivity contribution is 0.248. The molecule has 2 atom stereocenters. The second-order valence-electron chi connectivity index (χ2n) is 5.67. The summed E-state index contributed by atoms with van der Waals surface area (Å²) >= 11 is 3.47. The average molecular weight is 350 g/mol. The average Bonchev–Trinajstić information content (AvgIpc) is 2.96. The Morgan fingerprint density at radius 3 is 3.00 bits per heavy atom. The number of nitrogens with zero attached hydrogens (tertiary/aromatic N) is 2. The molecular formula is C16H20BrN3O. The third kappa shape index (κ3) is 3.52. The van der Waals surface area contributed by atoms with Crippen LogP contribution in [0.15, 0.2) is 33.3 Å². The molecule has 0 bridgehead atoms. The molecule has 1 aromatic heterocycles. The highest BCUT2D eigenvalue weighted by Gasteiger charge is 2.26. The molecule has 1 heterocycles. The molecule has 0 amide bonds. The number of rotatable bonds is 4. The minimum atomic E-state index is 0.569. The van der Waals surface area contributed by atoms with Crippen molar-refractivity contribution in [1.82, 2.24) is 15.5 Å². The second-order valence-corrected chi connectivity index (χ2v) is 6.58. The number of hydrogen-bond donors (Lipinski definition) is 1. The van der Waals surface area contributed by atoms with Crippen LogP contribution in [0.3, 0.4) is 0 Å². The van der Waals surface area contributed by atoms with Crippen molar-refractivity contribution in [3.05, 3.63) is 34.6 Å². The lowest BCUT2D eigenvalue weighted by Gasteiger charge is -2.30. The Morgan fingerprint density at radius 2 is 2.19 bits per heavy atom. The third-order valence-corrected chi connectivity index (χ3v) is 4.76. The summed E-state index contributed by atoms with van der Waals surface area (Å²) in [4.78, 5) is 4.56. The Bertz CT molecular complexity index is 599. The fraction of sp³-hybridized carbons (Fsp3) is 0.500. The van der Waals surface area contributed by atoms with Crippen LogP contribution in [-0.4, -0.2) is 23.2 Å². The van der Waals surface area contributed by atoms with Gasteiger partial charge >= 0.3 is 0 Å². The summed E-state index contributed by atoms with van der Waals surface area (Å²) in [5, 5.41) is 7.54. The van der Waals surface area contributed by atoms with Gasteiger partial charge in [0.05, 0.1) is 0 Å². The van der Waals surface area contributed by atoms with E-state index in [1.807, 2.05) is 31.3 Å². The molecule has 21 heavy (non-hydrogen) atoms. The molecule has 1 aromatic carbocycles. The van der Waals surface area contributed by atoms with Gasteiger partial charge in [-0.3, -0.25) is 0 Å². The van der Waals surface area contributed by atoms with E-state index < -0.39 is 0 Å². The first kappa shape index (κ1) is 14.7. The van der Waals surface area contributed by atoms with E-state index in [2.05, 4.69) is 31.4 Å². The summed E-state index contributed by atoms with van der Waals surface area (Å²) in [7, 11) is 2.05. The van der Waals surface area contributed by atoms with Crippen LogP contribution in [0, 0.1) is 5.92 Å². The van der Waals surface area contributed by atoms with Gasteiger partial charge in [-0.05, 0) is 37.9 Å². The third-order valence-electron chi connectivity index (χ3n) is 4.27. The summed E-state index contributed by atoms with van der Waals surface area (Å²) in [6, 6.07) is 8.54. The molecule has 0 saturated heterocycles. The van der Waals surface area contributed by atoms with Gasteiger partial charge in [-0.25, -0.2) is 0 Å². The molecule has 0 radical (unpaired) electrons. The molecule has 4 nitrogen and oxygen atoms in total. The highest BCUT2D eigenvalue weighted by molar-refractivity contribution is 9.10. The van der Waals surface area contributed by atoms with Crippen molar-refractivity contribution in [2.45, 2.75) is 38.1 Å². The largest absolute Gasteiger partial charge is 0.339 e. The van der Waals surface area contributed by atoms with E-state index in [0.29, 0.717) is 17.8 Å². The summed E-state index contributed by atoms with van der Waals surface area (Å²) in [6.45, 7) is 0. The quantitative estimate of drug-likeness (QED) is 0.911. The molecule has 0 spiro atoms. The topological polar surface area (TPSA) is 51.0 Å². The Kier molecular flexibility index (Phi) is 4.70. The fourth-order valence-corrected chi connectivity index (χ4v) is 3.54. The Hall–Kier alpha value is -1.20. The van der Waals surface area contributed by atoms with Crippen molar-refractivity contribution < 1.29 is 4.52 Å². The molecule has 5 heteroatoms. The van der Waals surface area contributed by atoms with Crippen LogP contribution < -0.4 is 5.32 Å². The van der Waals surface area contributed by atoms with Crippen molar-refractivity contribution in [2.24, 2.45) is 5.92 Å². The number of nitrogens with one attached hydrogen (secondary N) is 1. The maximum atomic E-state index is 5.45. The van der Waals surface area contributed by atoms with Gasteiger partial charge < -0.3 is 9.84 Å². The van der Waals surface area contributed by atoms with Gasteiger partial charge in [0.2, 0.25) is 11.7 Å². The standard InChI is InChI=1S/C16H20BrN3O/c1-18-14-8-3-2-5-11(14)10-15-19-16(20-21-15)12-6-4-7-13(17)9-12/h4,6-7,9,11,14,18H,2-3,5,8,10H2,1H3. The summed E-state index contributed by atoms with van der Waals surface area (Å²) < 4.78 is 6.47. The molecule has 2 unspecified atom stereocenters. The number of halogens is 1. The highest BCUT2D eigenvalue weighted by atomic mass is 79.9. The van der Waals surface area contributed by atoms with Gasteiger partial charge in [0, 0.05) is 22.5 Å². The maximum absolute atomic E-state index is 5.45. The molecule has 1 aliphatic carbocycles. The van der Waals surface area contributed by atoms with E-state index in [-0.39, 0.29) is 0 Å². The number of hydrogen-bond acceptors (Lipinski definition) is 4. The first-order valence-corrected chi connectivity index (χ1v) is 8.31. The van der Waals surface area contributed by atoms with E-state index in [1.54, 1.807) is 0 Å². The van der Waals surface area contributed by atoms with Gasteiger partial charge in [-0.2, -0.15) is 4.98 Å². The summed E-state index contributed by atoms with van der Waals surface area (Å²) in [5.74, 6) is 2.01. The van der Waals surface area contributed by atoms with Crippen LogP contribution in [0.25, 0.3) is 11.4 Å². The molecule has 1 saturated carbocycles. The lowest BCUT2D eigenvalue weighted by atomic mass is 9.82. The molecule has 1 aliphatic rings. The van der Waals surface area contributed by atoms with Crippen LogP contribution in [0.1, 0.15) is 31.6 Å². The molecule has 0 aliphatic heterocycles. The Morgan fingerprint density at radius 1 is 1.33 bits per heavy atom. The zero-order valence-electron chi connectivity index (χ0n) is 12.2. The Balaban J connectivity index is 1.73. The number of benzene rings is 1. The zero-order chi connectivity index (χ0) is 14.7. The van der Waals surface area contributed by atoms with Crippen LogP contribution in [0.5, 0.6) is 0 Å². The molecule has 112 valence electrons. The van der Waals surface area contributed by atoms with E-state index in [1.165, 1.54) is 25.7 Å². The predicted molar refractivity (Wildman–Crippen MR) is 85.9 cm³/mol. The fourth-order valence-electron chi connectivity index (χ4n) is 3.14. The normalized spacial score (nSPS) is 22.4. The van der Waals surface area contributed by atoms with Crippen LogP contribution in [-0.2, 0) is 6.42 Å². The van der Waals surface area contributed by atoms with Crippen molar-refractivity contribution >= 4 is 15.9 Å². The summed E-state index contributed by atoms with van der Waals surface area (Å²) in [6.07, 6.45) is 5.96. The monoisotopic (exact) mass is 349 g/mol. The minimum Gasteiger partial charge on any atom is -0.339 e. The highest BCUT2D eigenvalue weighted by Crippen LogP contribution is 2.28. The van der Waals surface area contributed by atoms with Gasteiger partial charge in [0.25, 0.3) is 0 Å². The summed E-state index contributed by atoms with van der Waals surface area (Å²) in [5.41, 5.74) is 0.980. The van der Waals surface area contributed by atoms with E-state index >= 15 is 0 Å². The molecule has 1 N–H and O–H groups in total. The van der Waals surface area contributed by atoms with Gasteiger partial charge in [-0.1, -0.05) is 46.1 Å². The van der Waals surface area contributed by atoms with Crippen LogP contribution in [0.4, 0.5) is 0 Å². The molecule has 2 aromatic rings. The smallest absolute Gasteiger partial charge is 0.227 e. The zero-order valence-corrected chi connectivity index (χ0v) is 13.8. The number of aromatic nitrogens is 2. The van der Waals surface area contributed by atoms with Crippen LogP contribution in [0.2, 0.25) is 0 Å². The van der Waals surface area contributed by atoms with Crippen molar-refractivity contribution in [2.75, 3.05) is 7.05 Å². The van der Waals surface area contributed by atoms with Crippen molar-refractivity contribution in [1.29, 1.82) is 0 Å². The SMILES string of the molecule is CNC1CCCCC1Cc1nc(-c2cccc(Br)c2)no1. The van der Waals surface area contributed by atoms with E-state index in [4.69, 9.17) is 4.52 Å². The van der Waals surface area contributed by atoms with Crippen molar-refractivity contribution in [3.63, 3.8) is 0 Å². The van der Waals surface area contributed by atoms with Gasteiger partial charge in [-0.15, -0.1) is 0 Å². The van der Waals surface area contributed by atoms with E-state index in [9.17, 15) is 0 Å². The van der Waals surface area contributed by atoms with Crippen LogP contribution >= 0.6 is 15.9 Å². The van der Waals surface area contributed by atoms with Gasteiger partial charge in [0.15, 0.2) is 0 Å².